The molecule has 0 saturated heterocycles. The van der Waals surface area contributed by atoms with Gasteiger partial charge in [0.1, 0.15) is 0 Å². The molecule has 0 spiro atoms. The molecule has 0 bridgehead atoms. The molecule has 4 N–H and O–H groups in total. The molecule has 3 atom stereocenters. The number of carboxylic acid groups (broad SMARTS) is 1. The second-order valence-electron chi connectivity index (χ2n) is 6.51. The third kappa shape index (κ3) is 5.60. The Balaban J connectivity index is 2.11. The Morgan fingerprint density at radius 2 is 1.88 bits per heavy atom. The van der Waals surface area contributed by atoms with Crippen LogP contribution in [0.25, 0.3) is 0 Å². The van der Waals surface area contributed by atoms with Crippen molar-refractivity contribution in [2.75, 3.05) is 6.61 Å². The fourth-order valence-electron chi connectivity index (χ4n) is 3.07. The van der Waals surface area contributed by atoms with E-state index in [2.05, 4.69) is 20.6 Å². The minimum atomic E-state index is -0.851. The summed E-state index contributed by atoms with van der Waals surface area (Å²) in [5.41, 5.74) is 2.05. The topological polar surface area (TPSA) is 132 Å². The number of rotatable bonds is 11. The molecule has 0 aliphatic rings. The van der Waals surface area contributed by atoms with Gasteiger partial charge in [-0.25, -0.2) is 0 Å². The van der Waals surface area contributed by atoms with Crippen molar-refractivity contribution in [3.63, 3.8) is 0 Å². The minimum Gasteiger partial charge on any atom is -0.481 e. The minimum absolute atomic E-state index is 0.238. The number of nitrogens with zero attached hydrogens (tertiary/aromatic N) is 3. The summed E-state index contributed by atoms with van der Waals surface area (Å²) in [5, 5.41) is 41.9. The van der Waals surface area contributed by atoms with E-state index in [1.54, 1.807) is 0 Å². The van der Waals surface area contributed by atoms with E-state index in [0.29, 0.717) is 31.5 Å². The van der Waals surface area contributed by atoms with Gasteiger partial charge in [0.25, 0.3) is 0 Å². The first-order valence-corrected chi connectivity index (χ1v) is 8.88. The summed E-state index contributed by atoms with van der Waals surface area (Å²) in [6, 6.07) is 7.84. The summed E-state index contributed by atoms with van der Waals surface area (Å²) >= 11 is 0. The maximum atomic E-state index is 11.7. The first kappa shape index (κ1) is 20.0. The van der Waals surface area contributed by atoms with Crippen LogP contribution in [0.15, 0.2) is 24.3 Å². The first-order chi connectivity index (χ1) is 12.5. The number of H-pyrrole nitrogens is 1. The molecule has 0 saturated carbocycles. The summed E-state index contributed by atoms with van der Waals surface area (Å²) in [7, 11) is 0. The summed E-state index contributed by atoms with van der Waals surface area (Å²) in [5.74, 6) is -1.36. The van der Waals surface area contributed by atoms with E-state index in [1.165, 1.54) is 0 Å². The van der Waals surface area contributed by atoms with Crippen LogP contribution in [-0.4, -0.2) is 54.6 Å². The second-order valence-corrected chi connectivity index (χ2v) is 6.51. The third-order valence-electron chi connectivity index (χ3n) is 4.55. The van der Waals surface area contributed by atoms with E-state index >= 15 is 0 Å². The largest absolute Gasteiger partial charge is 0.481 e. The summed E-state index contributed by atoms with van der Waals surface area (Å²) in [4.78, 5) is 11.7. The lowest BCUT2D eigenvalue weighted by Crippen LogP contribution is -2.25. The molecule has 0 fully saturated rings. The van der Waals surface area contributed by atoms with E-state index in [4.69, 9.17) is 5.11 Å². The molecule has 2 aromatic rings. The molecule has 0 aliphatic carbocycles. The van der Waals surface area contributed by atoms with Crippen molar-refractivity contribution in [3.05, 3.63) is 41.2 Å². The van der Waals surface area contributed by atoms with Gasteiger partial charge in [0.2, 0.25) is 0 Å². The predicted molar refractivity (Wildman–Crippen MR) is 94.5 cm³/mol. The highest BCUT2D eigenvalue weighted by molar-refractivity contribution is 5.71. The number of nitrogens with one attached hydrogen (secondary N) is 1. The maximum absolute atomic E-state index is 11.7. The number of tetrazole rings is 1. The van der Waals surface area contributed by atoms with Gasteiger partial charge >= 0.3 is 5.97 Å². The first-order valence-electron chi connectivity index (χ1n) is 8.88. The van der Waals surface area contributed by atoms with Crippen LogP contribution in [-0.2, 0) is 17.6 Å². The molecule has 8 heteroatoms. The normalized spacial score (nSPS) is 14.7. The molecule has 142 valence electrons. The molecule has 1 aromatic carbocycles. The van der Waals surface area contributed by atoms with Crippen LogP contribution in [0.1, 0.15) is 49.1 Å². The Bertz CT molecular complexity index is 660. The van der Waals surface area contributed by atoms with E-state index in [0.717, 1.165) is 17.5 Å². The summed E-state index contributed by atoms with van der Waals surface area (Å²) < 4.78 is 0. The lowest BCUT2D eigenvalue weighted by molar-refractivity contribution is -0.142. The van der Waals surface area contributed by atoms with Gasteiger partial charge in [-0.3, -0.25) is 4.79 Å². The highest BCUT2D eigenvalue weighted by Gasteiger charge is 2.31. The van der Waals surface area contributed by atoms with Crippen molar-refractivity contribution in [2.24, 2.45) is 5.92 Å². The SMILES string of the molecule is CCC[C@H](C(=O)O)[C@H](Cc1ccc(CCC(O)CO)cc1)c1nn[nH]n1. The second kappa shape index (κ2) is 9.98. The molecular weight excluding hydrogens is 336 g/mol. The van der Waals surface area contributed by atoms with Gasteiger partial charge < -0.3 is 15.3 Å². The monoisotopic (exact) mass is 362 g/mol. The molecule has 0 aliphatic heterocycles. The molecular formula is C18H26N4O4. The molecule has 26 heavy (non-hydrogen) atoms. The molecule has 1 unspecified atom stereocenters. The van der Waals surface area contributed by atoms with Crippen molar-refractivity contribution in [1.29, 1.82) is 0 Å². The number of aromatic nitrogens is 4. The lowest BCUT2D eigenvalue weighted by Gasteiger charge is -2.21. The number of aliphatic hydroxyl groups is 2. The number of aromatic amines is 1. The maximum Gasteiger partial charge on any atom is 0.307 e. The molecule has 1 heterocycles. The van der Waals surface area contributed by atoms with Crippen LogP contribution < -0.4 is 0 Å². The van der Waals surface area contributed by atoms with E-state index in [1.807, 2.05) is 31.2 Å². The highest BCUT2D eigenvalue weighted by Crippen LogP contribution is 2.30. The van der Waals surface area contributed by atoms with Crippen molar-refractivity contribution in [2.45, 2.75) is 51.0 Å². The van der Waals surface area contributed by atoms with Crippen LogP contribution in [0.2, 0.25) is 0 Å². The van der Waals surface area contributed by atoms with Crippen LogP contribution in [0.3, 0.4) is 0 Å². The molecule has 8 nitrogen and oxygen atoms in total. The number of hydrogen-bond donors (Lipinski definition) is 4. The molecule has 0 amide bonds. The van der Waals surface area contributed by atoms with E-state index in [-0.39, 0.29) is 12.5 Å². The Kier molecular flexibility index (Phi) is 7.68. The molecule has 0 radical (unpaired) electrons. The molecule has 2 rings (SSSR count). The number of aliphatic carboxylic acids is 1. The zero-order valence-electron chi connectivity index (χ0n) is 14.9. The quantitative estimate of drug-likeness (QED) is 0.474. The third-order valence-corrected chi connectivity index (χ3v) is 4.55. The summed E-state index contributed by atoms with van der Waals surface area (Å²) in [6.45, 7) is 1.72. The summed E-state index contributed by atoms with van der Waals surface area (Å²) in [6.07, 6.45) is 2.28. The average Bonchev–Trinajstić information content (AvgIpc) is 3.17. The highest BCUT2D eigenvalue weighted by atomic mass is 16.4. The van der Waals surface area contributed by atoms with Crippen LogP contribution in [0, 0.1) is 5.92 Å². The van der Waals surface area contributed by atoms with Crippen LogP contribution in [0.4, 0.5) is 0 Å². The van der Waals surface area contributed by atoms with Gasteiger partial charge in [-0.05, 0) is 36.8 Å². The van der Waals surface area contributed by atoms with Gasteiger partial charge in [-0.1, -0.05) is 42.8 Å². The fourth-order valence-corrected chi connectivity index (χ4v) is 3.07. The lowest BCUT2D eigenvalue weighted by atomic mass is 9.83. The average molecular weight is 362 g/mol. The Hall–Kier alpha value is -2.32. The standard InChI is InChI=1S/C18H26N4O4/c1-2-3-15(18(25)26)16(17-19-21-22-20-17)10-13-6-4-12(5-7-13)8-9-14(24)11-23/h4-7,14-16,23-24H,2-3,8-11H2,1H3,(H,25,26)(H,19,20,21,22)/t14?,15-,16-/m0/s1. The van der Waals surface area contributed by atoms with Crippen LogP contribution >= 0.6 is 0 Å². The smallest absolute Gasteiger partial charge is 0.307 e. The van der Waals surface area contributed by atoms with Gasteiger partial charge in [0.15, 0.2) is 5.82 Å². The van der Waals surface area contributed by atoms with Crippen molar-refractivity contribution in [3.8, 4) is 0 Å². The van der Waals surface area contributed by atoms with Gasteiger partial charge in [-0.15, -0.1) is 10.2 Å². The zero-order chi connectivity index (χ0) is 18.9. The number of hydrogen-bond acceptors (Lipinski definition) is 6. The number of carboxylic acids is 1. The zero-order valence-corrected chi connectivity index (χ0v) is 14.9. The van der Waals surface area contributed by atoms with Crippen LogP contribution in [0.5, 0.6) is 0 Å². The fraction of sp³-hybridized carbons (Fsp3) is 0.556. The number of carbonyl (C=O) groups is 1. The van der Waals surface area contributed by atoms with Crippen molar-refractivity contribution >= 4 is 5.97 Å². The number of aliphatic hydroxyl groups excluding tert-OH is 2. The number of aryl methyl sites for hydroxylation is 1. The Morgan fingerprint density at radius 1 is 1.19 bits per heavy atom. The Morgan fingerprint density at radius 3 is 2.42 bits per heavy atom. The number of benzene rings is 1. The molecule has 1 aromatic heterocycles. The Labute approximate surface area is 152 Å². The van der Waals surface area contributed by atoms with E-state index in [9.17, 15) is 15.0 Å². The van der Waals surface area contributed by atoms with E-state index < -0.39 is 18.0 Å². The van der Waals surface area contributed by atoms with Crippen molar-refractivity contribution < 1.29 is 20.1 Å². The van der Waals surface area contributed by atoms with Gasteiger partial charge in [0.05, 0.1) is 18.6 Å². The van der Waals surface area contributed by atoms with Gasteiger partial charge in [-0.2, -0.15) is 5.21 Å². The van der Waals surface area contributed by atoms with Crippen molar-refractivity contribution in [1.82, 2.24) is 20.6 Å². The van der Waals surface area contributed by atoms with Gasteiger partial charge in [0, 0.05) is 5.92 Å². The predicted octanol–water partition coefficient (Wildman–Crippen LogP) is 1.31.